The lowest BCUT2D eigenvalue weighted by molar-refractivity contribution is 0.478. The zero-order valence-corrected chi connectivity index (χ0v) is 11.0. The molecule has 1 aromatic rings. The smallest absolute Gasteiger partial charge is 0.00413 e. The second-order valence-electron chi connectivity index (χ2n) is 5.48. The van der Waals surface area contributed by atoms with Crippen LogP contribution in [0, 0.1) is 5.92 Å². The maximum Gasteiger partial charge on any atom is 0.00413 e. The molecule has 0 amide bonds. The van der Waals surface area contributed by atoms with Crippen LogP contribution in [-0.4, -0.2) is 12.6 Å². The number of unbranched alkanes of at least 4 members (excludes halogenated alkanes) is 1. The molecule has 17 heavy (non-hydrogen) atoms. The minimum Gasteiger partial charge on any atom is -0.314 e. The topological polar surface area (TPSA) is 12.0 Å². The SMILES string of the molecule is CC(CC1CC1)NCCCCc1ccccc1. The first-order chi connectivity index (χ1) is 8.34. The lowest BCUT2D eigenvalue weighted by Crippen LogP contribution is -2.27. The predicted molar refractivity (Wildman–Crippen MR) is 74.2 cm³/mol. The summed E-state index contributed by atoms with van der Waals surface area (Å²) in [5, 5.41) is 3.64. The summed E-state index contributed by atoms with van der Waals surface area (Å²) < 4.78 is 0. The Morgan fingerprint density at radius 3 is 2.65 bits per heavy atom. The fourth-order valence-corrected chi connectivity index (χ4v) is 2.38. The highest BCUT2D eigenvalue weighted by molar-refractivity contribution is 5.14. The van der Waals surface area contributed by atoms with Crippen molar-refractivity contribution in [2.45, 2.75) is 51.5 Å². The maximum atomic E-state index is 3.64. The zero-order valence-electron chi connectivity index (χ0n) is 11.0. The van der Waals surface area contributed by atoms with Crippen molar-refractivity contribution >= 4 is 0 Å². The Bertz CT molecular complexity index is 303. The van der Waals surface area contributed by atoms with Crippen molar-refractivity contribution in [3.8, 4) is 0 Å². The third-order valence-corrected chi connectivity index (χ3v) is 3.61. The molecule has 0 radical (unpaired) electrons. The summed E-state index contributed by atoms with van der Waals surface area (Å²) in [4.78, 5) is 0. The van der Waals surface area contributed by atoms with E-state index in [-0.39, 0.29) is 0 Å². The monoisotopic (exact) mass is 231 g/mol. The van der Waals surface area contributed by atoms with Gasteiger partial charge in [0.25, 0.3) is 0 Å². The first-order valence-corrected chi connectivity index (χ1v) is 7.12. The molecule has 0 aromatic heterocycles. The van der Waals surface area contributed by atoms with Gasteiger partial charge in [-0.2, -0.15) is 0 Å². The molecule has 0 aliphatic heterocycles. The van der Waals surface area contributed by atoms with Crippen LogP contribution in [0.25, 0.3) is 0 Å². The number of hydrogen-bond donors (Lipinski definition) is 1. The van der Waals surface area contributed by atoms with Gasteiger partial charge in [-0.3, -0.25) is 0 Å². The average molecular weight is 231 g/mol. The van der Waals surface area contributed by atoms with E-state index in [1.54, 1.807) is 0 Å². The Kier molecular flexibility index (Phi) is 5.06. The van der Waals surface area contributed by atoms with Gasteiger partial charge in [0.05, 0.1) is 0 Å². The molecule has 0 saturated heterocycles. The second-order valence-corrected chi connectivity index (χ2v) is 5.48. The Morgan fingerprint density at radius 1 is 1.18 bits per heavy atom. The van der Waals surface area contributed by atoms with Crippen molar-refractivity contribution in [2.24, 2.45) is 5.92 Å². The minimum absolute atomic E-state index is 0.722. The van der Waals surface area contributed by atoms with Gasteiger partial charge in [-0.25, -0.2) is 0 Å². The van der Waals surface area contributed by atoms with Gasteiger partial charge in [0.15, 0.2) is 0 Å². The molecule has 0 spiro atoms. The van der Waals surface area contributed by atoms with Gasteiger partial charge in [0, 0.05) is 6.04 Å². The maximum absolute atomic E-state index is 3.64. The van der Waals surface area contributed by atoms with Gasteiger partial charge in [-0.1, -0.05) is 43.2 Å². The molecule has 1 nitrogen and oxygen atoms in total. The molecule has 0 bridgehead atoms. The van der Waals surface area contributed by atoms with Crippen LogP contribution in [0.3, 0.4) is 0 Å². The summed E-state index contributed by atoms with van der Waals surface area (Å²) in [5.74, 6) is 1.04. The summed E-state index contributed by atoms with van der Waals surface area (Å²) in [7, 11) is 0. The van der Waals surface area contributed by atoms with Crippen molar-refractivity contribution in [2.75, 3.05) is 6.54 Å². The lowest BCUT2D eigenvalue weighted by atomic mass is 10.1. The van der Waals surface area contributed by atoms with Crippen LogP contribution in [0.15, 0.2) is 30.3 Å². The van der Waals surface area contributed by atoms with Crippen molar-refractivity contribution in [3.63, 3.8) is 0 Å². The fraction of sp³-hybridized carbons (Fsp3) is 0.625. The number of aryl methyl sites for hydroxylation is 1. The Labute approximate surface area is 106 Å². The van der Waals surface area contributed by atoms with Gasteiger partial charge in [-0.15, -0.1) is 0 Å². The molecule has 1 N–H and O–H groups in total. The highest BCUT2D eigenvalue weighted by Gasteiger charge is 2.22. The van der Waals surface area contributed by atoms with Crippen LogP contribution in [0.1, 0.15) is 44.6 Å². The molecule has 94 valence electrons. The van der Waals surface area contributed by atoms with Gasteiger partial charge in [-0.05, 0) is 50.6 Å². The van der Waals surface area contributed by atoms with Crippen molar-refractivity contribution in [1.82, 2.24) is 5.32 Å². The molecule has 1 heteroatoms. The van der Waals surface area contributed by atoms with E-state index in [0.29, 0.717) is 0 Å². The number of hydrogen-bond acceptors (Lipinski definition) is 1. The summed E-state index contributed by atoms with van der Waals surface area (Å²) in [6.07, 6.45) is 8.15. The molecule has 2 rings (SSSR count). The fourth-order valence-electron chi connectivity index (χ4n) is 2.38. The standard InChI is InChI=1S/C16H25N/c1-14(13-16-10-11-16)17-12-6-5-9-15-7-3-2-4-8-15/h2-4,7-8,14,16-17H,5-6,9-13H2,1H3. The van der Waals surface area contributed by atoms with Crippen LogP contribution in [-0.2, 0) is 6.42 Å². The highest BCUT2D eigenvalue weighted by Crippen LogP contribution is 2.33. The molecule has 1 saturated carbocycles. The Hall–Kier alpha value is -0.820. The zero-order chi connectivity index (χ0) is 11.9. The average Bonchev–Trinajstić information content (AvgIpc) is 3.14. The number of rotatable bonds is 8. The van der Waals surface area contributed by atoms with Crippen LogP contribution < -0.4 is 5.32 Å². The summed E-state index contributed by atoms with van der Waals surface area (Å²) in [5.41, 5.74) is 1.47. The molecule has 0 heterocycles. The minimum atomic E-state index is 0.722. The van der Waals surface area contributed by atoms with Gasteiger partial charge in [0.2, 0.25) is 0 Å². The first kappa shape index (κ1) is 12.6. The largest absolute Gasteiger partial charge is 0.314 e. The van der Waals surface area contributed by atoms with E-state index in [2.05, 4.69) is 42.6 Å². The van der Waals surface area contributed by atoms with Gasteiger partial charge >= 0.3 is 0 Å². The van der Waals surface area contributed by atoms with Crippen LogP contribution >= 0.6 is 0 Å². The molecule has 1 aliphatic rings. The van der Waals surface area contributed by atoms with Crippen LogP contribution in [0.4, 0.5) is 0 Å². The van der Waals surface area contributed by atoms with Crippen LogP contribution in [0.2, 0.25) is 0 Å². The highest BCUT2D eigenvalue weighted by atomic mass is 14.9. The quantitative estimate of drug-likeness (QED) is 0.671. The van der Waals surface area contributed by atoms with E-state index in [4.69, 9.17) is 0 Å². The Morgan fingerprint density at radius 2 is 1.94 bits per heavy atom. The van der Waals surface area contributed by atoms with E-state index in [9.17, 15) is 0 Å². The third kappa shape index (κ3) is 5.36. The van der Waals surface area contributed by atoms with Gasteiger partial charge in [0.1, 0.15) is 0 Å². The van der Waals surface area contributed by atoms with Crippen molar-refractivity contribution < 1.29 is 0 Å². The molecule has 1 fully saturated rings. The predicted octanol–water partition coefficient (Wildman–Crippen LogP) is 3.79. The van der Waals surface area contributed by atoms with E-state index in [1.165, 1.54) is 50.6 Å². The molecular formula is C16H25N. The van der Waals surface area contributed by atoms with E-state index in [0.717, 1.165) is 12.0 Å². The molecule has 1 unspecified atom stereocenters. The van der Waals surface area contributed by atoms with Gasteiger partial charge < -0.3 is 5.32 Å². The summed E-state index contributed by atoms with van der Waals surface area (Å²) >= 11 is 0. The normalized spacial score (nSPS) is 17.0. The van der Waals surface area contributed by atoms with E-state index in [1.807, 2.05) is 0 Å². The summed E-state index contributed by atoms with van der Waals surface area (Å²) in [6.45, 7) is 3.51. The molecule has 1 aliphatic carbocycles. The molecule has 1 aromatic carbocycles. The third-order valence-electron chi connectivity index (χ3n) is 3.61. The molecule has 1 atom stereocenters. The summed E-state index contributed by atoms with van der Waals surface area (Å²) in [6, 6.07) is 11.5. The van der Waals surface area contributed by atoms with Crippen molar-refractivity contribution in [1.29, 1.82) is 0 Å². The van der Waals surface area contributed by atoms with E-state index < -0.39 is 0 Å². The van der Waals surface area contributed by atoms with E-state index >= 15 is 0 Å². The number of benzene rings is 1. The first-order valence-electron chi connectivity index (χ1n) is 7.12. The molecular weight excluding hydrogens is 206 g/mol. The number of nitrogens with one attached hydrogen (secondary N) is 1. The Balaban J connectivity index is 1.48. The van der Waals surface area contributed by atoms with Crippen LogP contribution in [0.5, 0.6) is 0 Å². The lowest BCUT2D eigenvalue weighted by Gasteiger charge is -2.12. The second kappa shape index (κ2) is 6.80. The van der Waals surface area contributed by atoms with Crippen molar-refractivity contribution in [3.05, 3.63) is 35.9 Å².